The van der Waals surface area contributed by atoms with Crippen LogP contribution in [0.15, 0.2) is 17.5 Å². The Morgan fingerprint density at radius 3 is 2.56 bits per heavy atom. The summed E-state index contributed by atoms with van der Waals surface area (Å²) >= 11 is 1.85. The van der Waals surface area contributed by atoms with Gasteiger partial charge in [-0.2, -0.15) is 0 Å². The molecular weight excluding hydrogens is 240 g/mol. The lowest BCUT2D eigenvalue weighted by Gasteiger charge is -2.31. The smallest absolute Gasteiger partial charge is 0.0112 e. The fourth-order valence-corrected chi connectivity index (χ4v) is 2.70. The van der Waals surface area contributed by atoms with E-state index in [1.54, 1.807) is 0 Å². The van der Waals surface area contributed by atoms with Crippen LogP contribution in [0, 0.1) is 5.41 Å². The van der Waals surface area contributed by atoms with Gasteiger partial charge in [0.2, 0.25) is 0 Å². The van der Waals surface area contributed by atoms with E-state index in [4.69, 9.17) is 5.73 Å². The Hall–Kier alpha value is -0.380. The molecule has 3 heteroatoms. The molecule has 0 saturated heterocycles. The summed E-state index contributed by atoms with van der Waals surface area (Å²) in [5.41, 5.74) is 6.42. The summed E-state index contributed by atoms with van der Waals surface area (Å²) in [6.07, 6.45) is 2.20. The van der Waals surface area contributed by atoms with Gasteiger partial charge in [-0.3, -0.25) is 0 Å². The van der Waals surface area contributed by atoms with E-state index >= 15 is 0 Å². The Morgan fingerprint density at radius 2 is 2.06 bits per heavy atom. The van der Waals surface area contributed by atoms with Gasteiger partial charge in [-0.05, 0) is 50.2 Å². The van der Waals surface area contributed by atoms with Gasteiger partial charge >= 0.3 is 0 Å². The summed E-state index contributed by atoms with van der Waals surface area (Å²) in [7, 11) is 2.20. The third-order valence-electron chi connectivity index (χ3n) is 3.73. The summed E-state index contributed by atoms with van der Waals surface area (Å²) in [4.78, 5) is 3.89. The molecule has 1 rings (SSSR count). The molecule has 2 nitrogen and oxygen atoms in total. The second-order valence-electron chi connectivity index (χ2n) is 6.37. The maximum absolute atomic E-state index is 6.21. The van der Waals surface area contributed by atoms with Gasteiger partial charge in [0, 0.05) is 17.0 Å². The summed E-state index contributed by atoms with van der Waals surface area (Å²) in [6.45, 7) is 10.0. The van der Waals surface area contributed by atoms with Crippen molar-refractivity contribution in [3.63, 3.8) is 0 Å². The van der Waals surface area contributed by atoms with Gasteiger partial charge in [0.05, 0.1) is 0 Å². The van der Waals surface area contributed by atoms with E-state index in [-0.39, 0.29) is 11.5 Å². The van der Waals surface area contributed by atoms with Crippen LogP contribution in [0.1, 0.15) is 39.0 Å². The molecule has 0 bridgehead atoms. The van der Waals surface area contributed by atoms with E-state index in [0.29, 0.717) is 6.04 Å². The Labute approximate surface area is 116 Å². The van der Waals surface area contributed by atoms with E-state index in [1.807, 2.05) is 11.3 Å². The molecule has 0 aliphatic heterocycles. The van der Waals surface area contributed by atoms with Crippen LogP contribution < -0.4 is 5.73 Å². The first kappa shape index (κ1) is 15.7. The Bertz CT molecular complexity index is 327. The number of rotatable bonds is 6. The Balaban J connectivity index is 2.34. The lowest BCUT2D eigenvalue weighted by molar-refractivity contribution is 0.218. The second kappa shape index (κ2) is 6.69. The molecule has 1 heterocycles. The largest absolute Gasteiger partial charge is 0.327 e. The van der Waals surface area contributed by atoms with E-state index < -0.39 is 0 Å². The lowest BCUT2D eigenvalue weighted by Crippen LogP contribution is -2.40. The summed E-state index contributed by atoms with van der Waals surface area (Å²) in [5.74, 6) is 0. The normalized spacial score (nSPS) is 15.9. The molecule has 0 aliphatic carbocycles. The minimum atomic E-state index is 0.206. The van der Waals surface area contributed by atoms with Crippen molar-refractivity contribution in [2.45, 2.75) is 52.6 Å². The quantitative estimate of drug-likeness (QED) is 0.857. The predicted molar refractivity (Wildman–Crippen MR) is 82.2 cm³/mol. The van der Waals surface area contributed by atoms with E-state index in [1.165, 1.54) is 4.88 Å². The first-order chi connectivity index (χ1) is 8.30. The molecule has 2 unspecified atom stereocenters. The predicted octanol–water partition coefficient (Wildman–Crippen LogP) is 3.37. The topological polar surface area (TPSA) is 29.3 Å². The molecule has 1 aromatic rings. The number of nitrogens with two attached hydrogens (primary N) is 1. The highest BCUT2D eigenvalue weighted by molar-refractivity contribution is 7.09. The zero-order valence-electron chi connectivity index (χ0n) is 12.4. The van der Waals surface area contributed by atoms with Gasteiger partial charge in [0.25, 0.3) is 0 Å². The molecule has 2 N–H and O–H groups in total. The number of thiophene rings is 1. The van der Waals surface area contributed by atoms with Crippen molar-refractivity contribution >= 4 is 11.3 Å². The molecule has 0 aromatic carbocycles. The number of nitrogens with zero attached hydrogens (tertiary/aromatic N) is 1. The van der Waals surface area contributed by atoms with Crippen LogP contribution in [-0.4, -0.2) is 30.6 Å². The Morgan fingerprint density at radius 1 is 1.39 bits per heavy atom. The van der Waals surface area contributed by atoms with Gasteiger partial charge in [0.1, 0.15) is 0 Å². The number of hydrogen-bond donors (Lipinski definition) is 1. The minimum absolute atomic E-state index is 0.206. The average molecular weight is 268 g/mol. The van der Waals surface area contributed by atoms with Crippen LogP contribution in [0.4, 0.5) is 0 Å². The van der Waals surface area contributed by atoms with Crippen LogP contribution in [0.5, 0.6) is 0 Å². The molecule has 0 aliphatic rings. The highest BCUT2D eigenvalue weighted by atomic mass is 32.1. The molecule has 1 aromatic heterocycles. The minimum Gasteiger partial charge on any atom is -0.327 e. The lowest BCUT2D eigenvalue weighted by atomic mass is 9.85. The number of likely N-dealkylation sites (N-methyl/N-ethyl adjacent to an activating group) is 1. The maximum atomic E-state index is 6.21. The maximum Gasteiger partial charge on any atom is 0.0112 e. The van der Waals surface area contributed by atoms with Gasteiger partial charge in [0.15, 0.2) is 0 Å². The van der Waals surface area contributed by atoms with Crippen molar-refractivity contribution in [2.24, 2.45) is 11.1 Å². The van der Waals surface area contributed by atoms with Crippen molar-refractivity contribution in [1.82, 2.24) is 4.90 Å². The summed E-state index contributed by atoms with van der Waals surface area (Å²) in [5, 5.41) is 2.15. The number of hydrogen-bond acceptors (Lipinski definition) is 3. The third-order valence-corrected chi connectivity index (χ3v) is 4.63. The van der Waals surface area contributed by atoms with Crippen molar-refractivity contribution in [1.29, 1.82) is 0 Å². The van der Waals surface area contributed by atoms with Crippen molar-refractivity contribution in [3.05, 3.63) is 22.4 Å². The van der Waals surface area contributed by atoms with Crippen LogP contribution >= 0.6 is 11.3 Å². The van der Waals surface area contributed by atoms with Crippen molar-refractivity contribution in [2.75, 3.05) is 13.6 Å². The van der Waals surface area contributed by atoms with E-state index in [2.05, 4.69) is 57.2 Å². The summed E-state index contributed by atoms with van der Waals surface area (Å²) < 4.78 is 0. The Kier molecular flexibility index (Phi) is 5.83. The average Bonchev–Trinajstić information content (AvgIpc) is 2.76. The SMILES string of the molecule is CC(Cc1cccs1)N(C)CCC(N)C(C)(C)C. The first-order valence-corrected chi connectivity index (χ1v) is 7.67. The van der Waals surface area contributed by atoms with Crippen molar-refractivity contribution < 1.29 is 0 Å². The van der Waals surface area contributed by atoms with Gasteiger partial charge in [-0.1, -0.05) is 26.8 Å². The highest BCUT2D eigenvalue weighted by Crippen LogP contribution is 2.20. The zero-order valence-corrected chi connectivity index (χ0v) is 13.3. The molecule has 104 valence electrons. The molecule has 0 fully saturated rings. The van der Waals surface area contributed by atoms with Crippen LogP contribution in [0.25, 0.3) is 0 Å². The first-order valence-electron chi connectivity index (χ1n) is 6.79. The summed E-state index contributed by atoms with van der Waals surface area (Å²) in [6, 6.07) is 5.20. The van der Waals surface area contributed by atoms with Gasteiger partial charge in [-0.25, -0.2) is 0 Å². The monoisotopic (exact) mass is 268 g/mol. The second-order valence-corrected chi connectivity index (χ2v) is 7.41. The fourth-order valence-electron chi connectivity index (χ4n) is 1.87. The van der Waals surface area contributed by atoms with Crippen LogP contribution in [0.2, 0.25) is 0 Å². The zero-order chi connectivity index (χ0) is 13.8. The van der Waals surface area contributed by atoms with Crippen molar-refractivity contribution in [3.8, 4) is 0 Å². The highest BCUT2D eigenvalue weighted by Gasteiger charge is 2.21. The molecule has 0 spiro atoms. The molecule has 18 heavy (non-hydrogen) atoms. The molecular formula is C15H28N2S. The third kappa shape index (κ3) is 5.09. The van der Waals surface area contributed by atoms with E-state index in [9.17, 15) is 0 Å². The molecule has 0 radical (unpaired) electrons. The fraction of sp³-hybridized carbons (Fsp3) is 0.733. The molecule has 0 saturated carbocycles. The molecule has 0 amide bonds. The van der Waals surface area contributed by atoms with Gasteiger partial charge < -0.3 is 10.6 Å². The van der Waals surface area contributed by atoms with Crippen LogP contribution in [-0.2, 0) is 6.42 Å². The van der Waals surface area contributed by atoms with Gasteiger partial charge in [-0.15, -0.1) is 11.3 Å². The molecule has 2 atom stereocenters. The van der Waals surface area contributed by atoms with Crippen LogP contribution in [0.3, 0.4) is 0 Å². The standard InChI is InChI=1S/C15H28N2S/c1-12(11-13-7-6-10-18-13)17(5)9-8-14(16)15(2,3)4/h6-7,10,12,14H,8-9,11,16H2,1-5H3. The van der Waals surface area contributed by atoms with E-state index in [0.717, 1.165) is 19.4 Å².